The molecule has 1 amide bonds. The van der Waals surface area contributed by atoms with Gasteiger partial charge in [0.05, 0.1) is 5.39 Å². The number of hydrogen-bond donors (Lipinski definition) is 0. The number of piperazine rings is 1. The minimum atomic E-state index is 0.0348. The van der Waals surface area contributed by atoms with Gasteiger partial charge in [0.25, 0.3) is 5.91 Å². The van der Waals surface area contributed by atoms with Crippen molar-refractivity contribution in [3.63, 3.8) is 0 Å². The van der Waals surface area contributed by atoms with Crippen LogP contribution in [-0.4, -0.2) is 53.6 Å². The molecule has 6 nitrogen and oxygen atoms in total. The third-order valence-electron chi connectivity index (χ3n) is 6.01. The summed E-state index contributed by atoms with van der Waals surface area (Å²) in [4.78, 5) is 29.1. The second-order valence-electron chi connectivity index (χ2n) is 8.11. The van der Waals surface area contributed by atoms with Crippen LogP contribution in [-0.2, 0) is 4.79 Å². The number of benzene rings is 1. The van der Waals surface area contributed by atoms with Gasteiger partial charge in [0.1, 0.15) is 22.2 Å². The molecular weight excluding hydrogens is 396 g/mol. The second kappa shape index (κ2) is 7.87. The summed E-state index contributed by atoms with van der Waals surface area (Å²) in [6, 6.07) is 9.49. The summed E-state index contributed by atoms with van der Waals surface area (Å²) in [5.41, 5.74) is 1.28. The van der Waals surface area contributed by atoms with E-state index in [4.69, 9.17) is 14.7 Å². The van der Waals surface area contributed by atoms with E-state index in [1.165, 1.54) is 28.7 Å². The van der Waals surface area contributed by atoms with Crippen LogP contribution >= 0.6 is 11.3 Å². The molecule has 0 unspecified atom stereocenters. The summed E-state index contributed by atoms with van der Waals surface area (Å²) in [6.45, 7) is 7.33. The van der Waals surface area contributed by atoms with Gasteiger partial charge in [-0.3, -0.25) is 4.79 Å². The van der Waals surface area contributed by atoms with E-state index in [1.54, 1.807) is 11.3 Å². The molecular formula is C23H26N4O2S. The Balaban J connectivity index is 1.29. The highest BCUT2D eigenvalue weighted by molar-refractivity contribution is 7.18. The molecule has 0 spiro atoms. The number of carbonyl (C=O) groups excluding carboxylic acids is 1. The largest absolute Gasteiger partial charge is 0.484 e. The van der Waals surface area contributed by atoms with Crippen LogP contribution in [0.1, 0.15) is 35.0 Å². The number of ether oxygens (including phenoxy) is 1. The fourth-order valence-corrected chi connectivity index (χ4v) is 4.95. The van der Waals surface area contributed by atoms with E-state index in [2.05, 4.69) is 18.7 Å². The molecule has 0 atom stereocenters. The van der Waals surface area contributed by atoms with Gasteiger partial charge in [-0.05, 0) is 44.4 Å². The van der Waals surface area contributed by atoms with Crippen molar-refractivity contribution in [2.24, 2.45) is 0 Å². The van der Waals surface area contributed by atoms with E-state index in [9.17, 15) is 4.79 Å². The molecule has 5 rings (SSSR count). The van der Waals surface area contributed by atoms with E-state index in [0.717, 1.165) is 35.3 Å². The van der Waals surface area contributed by atoms with Crippen molar-refractivity contribution in [2.75, 3.05) is 37.7 Å². The molecule has 0 bridgehead atoms. The summed E-state index contributed by atoms with van der Waals surface area (Å²) < 4.78 is 5.63. The molecule has 0 N–H and O–H groups in total. The van der Waals surface area contributed by atoms with Crippen LogP contribution in [0.25, 0.3) is 10.2 Å². The molecule has 1 saturated heterocycles. The third-order valence-corrected chi connectivity index (χ3v) is 7.11. The Labute approximate surface area is 180 Å². The Morgan fingerprint density at radius 3 is 2.53 bits per heavy atom. The van der Waals surface area contributed by atoms with Crippen molar-refractivity contribution in [1.82, 2.24) is 14.9 Å². The molecule has 1 aromatic carbocycles. The Kier molecular flexibility index (Phi) is 5.06. The number of anilines is 1. The SMILES string of the molecule is Cc1sc2nc(C3CC3)nc(N3CCN(C(=O)COc4ccccc4)CC3)c2c1C. The Hall–Kier alpha value is -2.67. The molecule has 1 aliphatic heterocycles. The summed E-state index contributed by atoms with van der Waals surface area (Å²) in [5.74, 6) is 3.33. The van der Waals surface area contributed by atoms with Gasteiger partial charge in [-0.15, -0.1) is 11.3 Å². The summed E-state index contributed by atoms with van der Waals surface area (Å²) in [7, 11) is 0. The quantitative estimate of drug-likeness (QED) is 0.624. The molecule has 0 radical (unpaired) electrons. The lowest BCUT2D eigenvalue weighted by Gasteiger charge is -2.35. The van der Waals surface area contributed by atoms with Gasteiger partial charge in [0.15, 0.2) is 6.61 Å². The number of aromatic nitrogens is 2. The van der Waals surface area contributed by atoms with Crippen LogP contribution in [0.15, 0.2) is 30.3 Å². The number of rotatable bonds is 5. The molecule has 1 aliphatic carbocycles. The number of thiophene rings is 1. The van der Waals surface area contributed by atoms with Crippen molar-refractivity contribution in [1.29, 1.82) is 0 Å². The van der Waals surface area contributed by atoms with Gasteiger partial charge in [-0.2, -0.15) is 0 Å². The predicted molar refractivity (Wildman–Crippen MR) is 120 cm³/mol. The fourth-order valence-electron chi connectivity index (χ4n) is 3.92. The highest BCUT2D eigenvalue weighted by atomic mass is 32.1. The smallest absolute Gasteiger partial charge is 0.260 e. The van der Waals surface area contributed by atoms with E-state index in [1.807, 2.05) is 35.2 Å². The number of nitrogens with zero attached hydrogens (tertiary/aromatic N) is 4. The van der Waals surface area contributed by atoms with E-state index in [-0.39, 0.29) is 12.5 Å². The minimum absolute atomic E-state index is 0.0348. The van der Waals surface area contributed by atoms with Crippen molar-refractivity contribution in [3.05, 3.63) is 46.6 Å². The van der Waals surface area contributed by atoms with Crippen molar-refractivity contribution < 1.29 is 9.53 Å². The van der Waals surface area contributed by atoms with Crippen LogP contribution in [0.4, 0.5) is 5.82 Å². The highest BCUT2D eigenvalue weighted by Crippen LogP contribution is 2.42. The number of carbonyl (C=O) groups is 1. The van der Waals surface area contributed by atoms with Crippen LogP contribution in [0.5, 0.6) is 5.75 Å². The number of hydrogen-bond acceptors (Lipinski definition) is 6. The van der Waals surface area contributed by atoms with Gasteiger partial charge in [-0.1, -0.05) is 18.2 Å². The van der Waals surface area contributed by atoms with Crippen molar-refractivity contribution in [2.45, 2.75) is 32.6 Å². The van der Waals surface area contributed by atoms with Crippen LogP contribution < -0.4 is 9.64 Å². The van der Waals surface area contributed by atoms with Crippen LogP contribution in [0.2, 0.25) is 0 Å². The van der Waals surface area contributed by atoms with Gasteiger partial charge < -0.3 is 14.5 Å². The van der Waals surface area contributed by atoms with Crippen LogP contribution in [0.3, 0.4) is 0 Å². The lowest BCUT2D eigenvalue weighted by atomic mass is 10.2. The maximum atomic E-state index is 12.6. The second-order valence-corrected chi connectivity index (χ2v) is 9.32. The highest BCUT2D eigenvalue weighted by Gasteiger charge is 2.30. The van der Waals surface area contributed by atoms with Crippen molar-refractivity contribution in [3.8, 4) is 5.75 Å². The van der Waals surface area contributed by atoms with Crippen molar-refractivity contribution >= 4 is 33.3 Å². The molecule has 2 aliphatic rings. The zero-order valence-corrected chi connectivity index (χ0v) is 18.2. The normalized spacial score (nSPS) is 16.9. The average molecular weight is 423 g/mol. The number of aryl methyl sites for hydroxylation is 2. The number of amides is 1. The topological polar surface area (TPSA) is 58.6 Å². The Bertz CT molecular complexity index is 1070. The summed E-state index contributed by atoms with van der Waals surface area (Å²) in [6.07, 6.45) is 2.38. The minimum Gasteiger partial charge on any atom is -0.484 e. The standard InChI is InChI=1S/C23H26N4O2S/c1-15-16(2)30-23-20(15)22(24-21(25-23)17-8-9-17)27-12-10-26(11-13-27)19(28)14-29-18-6-4-3-5-7-18/h3-7,17H,8-14H2,1-2H3. The molecule has 2 fully saturated rings. The lowest BCUT2D eigenvalue weighted by molar-refractivity contribution is -0.133. The van der Waals surface area contributed by atoms with Gasteiger partial charge >= 0.3 is 0 Å². The molecule has 3 aromatic rings. The van der Waals surface area contributed by atoms with E-state index >= 15 is 0 Å². The summed E-state index contributed by atoms with van der Waals surface area (Å²) in [5, 5.41) is 1.19. The van der Waals surface area contributed by atoms with Gasteiger partial charge in [0, 0.05) is 37.0 Å². The number of fused-ring (bicyclic) bond motifs is 1. The maximum absolute atomic E-state index is 12.6. The van der Waals surface area contributed by atoms with Gasteiger partial charge in [-0.25, -0.2) is 9.97 Å². The zero-order valence-electron chi connectivity index (χ0n) is 17.4. The van der Waals surface area contributed by atoms with E-state index < -0.39 is 0 Å². The first-order chi connectivity index (χ1) is 14.6. The molecule has 156 valence electrons. The first-order valence-corrected chi connectivity index (χ1v) is 11.4. The third kappa shape index (κ3) is 3.74. The molecule has 7 heteroatoms. The number of para-hydroxylation sites is 1. The van der Waals surface area contributed by atoms with Crippen LogP contribution in [0, 0.1) is 13.8 Å². The molecule has 30 heavy (non-hydrogen) atoms. The average Bonchev–Trinajstić information content (AvgIpc) is 3.59. The van der Waals surface area contributed by atoms with E-state index in [0.29, 0.717) is 19.0 Å². The van der Waals surface area contributed by atoms with Gasteiger partial charge in [0.2, 0.25) is 0 Å². The molecule has 2 aromatic heterocycles. The first kappa shape index (κ1) is 19.3. The Morgan fingerprint density at radius 2 is 1.83 bits per heavy atom. The first-order valence-electron chi connectivity index (χ1n) is 10.6. The maximum Gasteiger partial charge on any atom is 0.260 e. The molecule has 1 saturated carbocycles. The zero-order chi connectivity index (χ0) is 20.7. The monoisotopic (exact) mass is 422 g/mol. The predicted octanol–water partition coefficient (Wildman–Crippen LogP) is 3.91. The lowest BCUT2D eigenvalue weighted by Crippen LogP contribution is -2.50. The Morgan fingerprint density at radius 1 is 1.10 bits per heavy atom. The molecule has 3 heterocycles. The summed E-state index contributed by atoms with van der Waals surface area (Å²) >= 11 is 1.77. The fraction of sp³-hybridized carbons (Fsp3) is 0.435.